The zero-order valence-corrected chi connectivity index (χ0v) is 18.9. The molecular formula is C21H22BrF4NO4. The van der Waals surface area contributed by atoms with Gasteiger partial charge in [0.05, 0.1) is 12.2 Å². The fraction of sp³-hybridized carbons (Fsp3) is 0.429. The second-order valence-corrected chi connectivity index (χ2v) is 8.72. The highest BCUT2D eigenvalue weighted by Crippen LogP contribution is 2.33. The molecule has 10 heteroatoms. The molecule has 0 radical (unpaired) electrons. The monoisotopic (exact) mass is 507 g/mol. The molecular weight excluding hydrogens is 486 g/mol. The SMILES string of the molecule is COCCc1cn(C(C(=O)OC(C)(C)C)c2cc(Br)ccc2F)c(=O)cc1C(F)(F)F. The summed E-state index contributed by atoms with van der Waals surface area (Å²) in [6.45, 7) is 4.69. The number of carbonyl (C=O) groups excluding carboxylic acids is 1. The Labute approximate surface area is 185 Å². The molecule has 0 bridgehead atoms. The number of hydrogen-bond donors (Lipinski definition) is 0. The molecule has 1 unspecified atom stereocenters. The molecule has 1 atom stereocenters. The van der Waals surface area contributed by atoms with Crippen LogP contribution in [0.25, 0.3) is 0 Å². The molecule has 2 rings (SSSR count). The molecule has 0 aliphatic carbocycles. The van der Waals surface area contributed by atoms with Crippen LogP contribution in [0.2, 0.25) is 0 Å². The highest BCUT2D eigenvalue weighted by atomic mass is 79.9. The number of rotatable bonds is 6. The summed E-state index contributed by atoms with van der Waals surface area (Å²) in [5.41, 5.74) is -3.72. The average Bonchev–Trinajstić information content (AvgIpc) is 2.62. The summed E-state index contributed by atoms with van der Waals surface area (Å²) >= 11 is 3.18. The Morgan fingerprint density at radius 2 is 1.84 bits per heavy atom. The van der Waals surface area contributed by atoms with Gasteiger partial charge in [0.1, 0.15) is 11.4 Å². The quantitative estimate of drug-likeness (QED) is 0.412. The van der Waals surface area contributed by atoms with E-state index in [9.17, 15) is 27.2 Å². The molecule has 5 nitrogen and oxygen atoms in total. The van der Waals surface area contributed by atoms with E-state index in [1.54, 1.807) is 20.8 Å². The Morgan fingerprint density at radius 1 is 1.19 bits per heavy atom. The third-order valence-electron chi connectivity index (χ3n) is 4.20. The Balaban J connectivity index is 2.77. The zero-order valence-electron chi connectivity index (χ0n) is 17.3. The van der Waals surface area contributed by atoms with Crippen LogP contribution in [0.1, 0.15) is 43.5 Å². The van der Waals surface area contributed by atoms with Gasteiger partial charge in [-0.1, -0.05) is 15.9 Å². The molecule has 1 aromatic heterocycles. The van der Waals surface area contributed by atoms with Crippen LogP contribution in [0, 0.1) is 5.82 Å². The topological polar surface area (TPSA) is 57.5 Å². The molecule has 170 valence electrons. The maximum atomic E-state index is 14.7. The van der Waals surface area contributed by atoms with Gasteiger partial charge >= 0.3 is 12.1 Å². The summed E-state index contributed by atoms with van der Waals surface area (Å²) in [4.78, 5) is 25.7. The smallest absolute Gasteiger partial charge is 0.416 e. The van der Waals surface area contributed by atoms with E-state index in [0.29, 0.717) is 10.5 Å². The van der Waals surface area contributed by atoms with E-state index >= 15 is 0 Å². The van der Waals surface area contributed by atoms with Crippen LogP contribution in [0.5, 0.6) is 0 Å². The van der Waals surface area contributed by atoms with E-state index in [-0.39, 0.29) is 24.2 Å². The Bertz CT molecular complexity index is 1010. The van der Waals surface area contributed by atoms with Crippen molar-refractivity contribution < 1.29 is 31.8 Å². The molecule has 0 aliphatic rings. The molecule has 2 aromatic rings. The van der Waals surface area contributed by atoms with Crippen LogP contribution >= 0.6 is 15.9 Å². The predicted molar refractivity (Wildman–Crippen MR) is 109 cm³/mol. The van der Waals surface area contributed by atoms with Crippen LogP contribution in [-0.4, -0.2) is 29.9 Å². The average molecular weight is 508 g/mol. The number of hydrogen-bond acceptors (Lipinski definition) is 4. The third-order valence-corrected chi connectivity index (χ3v) is 4.70. The number of alkyl halides is 3. The van der Waals surface area contributed by atoms with Gasteiger partial charge in [-0.05, 0) is 51.0 Å². The highest BCUT2D eigenvalue weighted by molar-refractivity contribution is 9.10. The lowest BCUT2D eigenvalue weighted by Gasteiger charge is -2.26. The van der Waals surface area contributed by atoms with Gasteiger partial charge in [0.25, 0.3) is 5.56 Å². The van der Waals surface area contributed by atoms with Gasteiger partial charge in [0.15, 0.2) is 6.04 Å². The van der Waals surface area contributed by atoms with E-state index in [4.69, 9.17) is 9.47 Å². The predicted octanol–water partition coefficient (Wildman–Crippen LogP) is 4.89. The van der Waals surface area contributed by atoms with Gasteiger partial charge in [-0.25, -0.2) is 9.18 Å². The number of aromatic nitrogens is 1. The van der Waals surface area contributed by atoms with E-state index in [1.165, 1.54) is 19.2 Å². The molecule has 1 aromatic carbocycles. The number of ether oxygens (including phenoxy) is 2. The second-order valence-electron chi connectivity index (χ2n) is 7.80. The number of carbonyl (C=O) groups is 1. The summed E-state index contributed by atoms with van der Waals surface area (Å²) in [7, 11) is 1.32. The number of methoxy groups -OCH3 is 1. The molecule has 1 heterocycles. The van der Waals surface area contributed by atoms with E-state index < -0.39 is 40.7 Å². The zero-order chi connectivity index (χ0) is 23.6. The third kappa shape index (κ3) is 6.39. The summed E-state index contributed by atoms with van der Waals surface area (Å²) in [6, 6.07) is 2.52. The summed E-state index contributed by atoms with van der Waals surface area (Å²) in [5.74, 6) is -1.80. The van der Waals surface area contributed by atoms with Gasteiger partial charge in [0.2, 0.25) is 0 Å². The van der Waals surface area contributed by atoms with Gasteiger partial charge in [-0.15, -0.1) is 0 Å². The molecule has 0 fully saturated rings. The minimum Gasteiger partial charge on any atom is -0.458 e. The van der Waals surface area contributed by atoms with Crippen molar-refractivity contribution in [2.45, 2.75) is 45.0 Å². The van der Waals surface area contributed by atoms with E-state index in [0.717, 1.165) is 16.8 Å². The molecule has 0 amide bonds. The van der Waals surface area contributed by atoms with Crippen LogP contribution in [0.15, 0.2) is 39.7 Å². The standard InChI is InChI=1S/C21H22BrF4NO4/c1-20(2,3)31-19(29)18(14-9-13(22)5-6-16(14)23)27-11-12(7-8-30-4)15(10-17(27)28)21(24,25)26/h5-6,9-11,18H,7-8H2,1-4H3. The lowest BCUT2D eigenvalue weighted by Crippen LogP contribution is -2.36. The first-order chi connectivity index (χ1) is 14.2. The lowest BCUT2D eigenvalue weighted by molar-refractivity contribution is -0.157. The number of esters is 1. The molecule has 0 spiro atoms. The highest BCUT2D eigenvalue weighted by Gasteiger charge is 2.37. The van der Waals surface area contributed by atoms with Crippen molar-refractivity contribution in [2.75, 3.05) is 13.7 Å². The minimum atomic E-state index is -4.79. The van der Waals surface area contributed by atoms with Crippen molar-refractivity contribution >= 4 is 21.9 Å². The summed E-state index contributed by atoms with van der Waals surface area (Å²) < 4.78 is 66.4. The summed E-state index contributed by atoms with van der Waals surface area (Å²) in [5, 5.41) is 0. The molecule has 0 saturated heterocycles. The Kier molecular flexibility index (Phi) is 7.70. The number of pyridine rings is 1. The van der Waals surface area contributed by atoms with Crippen LogP contribution < -0.4 is 5.56 Å². The normalized spacial score (nSPS) is 13.2. The Hall–Kier alpha value is -2.20. The van der Waals surface area contributed by atoms with Gasteiger partial charge in [-0.2, -0.15) is 13.2 Å². The van der Waals surface area contributed by atoms with Gasteiger partial charge in [-0.3, -0.25) is 9.36 Å². The van der Waals surface area contributed by atoms with Gasteiger partial charge in [0, 0.05) is 29.4 Å². The second kappa shape index (κ2) is 9.52. The first-order valence-corrected chi connectivity index (χ1v) is 10.0. The number of nitrogens with zero attached hydrogens (tertiary/aromatic N) is 1. The van der Waals surface area contributed by atoms with Gasteiger partial charge < -0.3 is 9.47 Å². The number of halogens is 5. The molecule has 31 heavy (non-hydrogen) atoms. The maximum absolute atomic E-state index is 14.7. The van der Waals surface area contributed by atoms with Crippen LogP contribution in [-0.2, 0) is 26.9 Å². The largest absolute Gasteiger partial charge is 0.458 e. The molecule has 0 N–H and O–H groups in total. The minimum absolute atomic E-state index is 0.0520. The lowest BCUT2D eigenvalue weighted by atomic mass is 10.0. The van der Waals surface area contributed by atoms with E-state index in [2.05, 4.69) is 15.9 Å². The van der Waals surface area contributed by atoms with Crippen molar-refractivity contribution in [3.63, 3.8) is 0 Å². The fourth-order valence-electron chi connectivity index (χ4n) is 2.94. The van der Waals surface area contributed by atoms with Crippen molar-refractivity contribution in [3.8, 4) is 0 Å². The first-order valence-electron chi connectivity index (χ1n) is 9.23. The van der Waals surface area contributed by atoms with Crippen molar-refractivity contribution in [1.29, 1.82) is 0 Å². The van der Waals surface area contributed by atoms with Crippen molar-refractivity contribution in [1.82, 2.24) is 4.57 Å². The Morgan fingerprint density at radius 3 is 2.39 bits per heavy atom. The van der Waals surface area contributed by atoms with E-state index in [1.807, 2.05) is 0 Å². The maximum Gasteiger partial charge on any atom is 0.416 e. The first kappa shape index (κ1) is 25.1. The van der Waals surface area contributed by atoms with Crippen LogP contribution in [0.4, 0.5) is 17.6 Å². The fourth-order valence-corrected chi connectivity index (χ4v) is 3.32. The summed E-state index contributed by atoms with van der Waals surface area (Å²) in [6.07, 6.45) is -4.05. The number of benzene rings is 1. The van der Waals surface area contributed by atoms with Crippen LogP contribution in [0.3, 0.4) is 0 Å². The van der Waals surface area contributed by atoms with Crippen molar-refractivity contribution in [3.05, 3.63) is 67.8 Å². The molecule has 0 saturated carbocycles. The van der Waals surface area contributed by atoms with Crippen molar-refractivity contribution in [2.24, 2.45) is 0 Å². The molecule has 0 aliphatic heterocycles.